The first-order chi connectivity index (χ1) is 8.97. The zero-order valence-corrected chi connectivity index (χ0v) is 9.83. The highest BCUT2D eigenvalue weighted by molar-refractivity contribution is 5.49. The average Bonchev–Trinajstić information content (AvgIpc) is 2.93. The van der Waals surface area contributed by atoms with Gasteiger partial charge in [-0.15, -0.1) is 0 Å². The monoisotopic (exact) mass is 268 g/mol. The van der Waals surface area contributed by atoms with Gasteiger partial charge in [-0.3, -0.25) is 0 Å². The lowest BCUT2D eigenvalue weighted by molar-refractivity contribution is -0.137. The van der Waals surface area contributed by atoms with Gasteiger partial charge in [-0.25, -0.2) is 4.68 Å². The van der Waals surface area contributed by atoms with Crippen molar-refractivity contribution in [3.05, 3.63) is 41.1 Å². The normalized spacial score (nSPS) is 14.7. The molecule has 0 fully saturated rings. The van der Waals surface area contributed by atoms with Crippen LogP contribution in [0.5, 0.6) is 0 Å². The van der Waals surface area contributed by atoms with Crippen LogP contribution >= 0.6 is 0 Å². The fraction of sp³-hybridized carbons (Fsp3) is 0.250. The number of anilines is 1. The van der Waals surface area contributed by atoms with Crippen molar-refractivity contribution in [2.45, 2.75) is 19.3 Å². The number of hydrogen-bond acceptors (Lipinski definition) is 3. The third-order valence-electron chi connectivity index (χ3n) is 3.15. The zero-order chi connectivity index (χ0) is 13.6. The van der Waals surface area contributed by atoms with Gasteiger partial charge >= 0.3 is 6.18 Å². The van der Waals surface area contributed by atoms with Crippen LogP contribution in [0.1, 0.15) is 16.8 Å². The number of fused-ring (bicyclic) bond motifs is 1. The molecule has 7 heteroatoms. The fourth-order valence-electron chi connectivity index (χ4n) is 2.19. The second-order valence-electron chi connectivity index (χ2n) is 4.37. The summed E-state index contributed by atoms with van der Waals surface area (Å²) in [6.07, 6.45) is -4.33. The molecule has 4 nitrogen and oxygen atoms in total. The van der Waals surface area contributed by atoms with Crippen LogP contribution < -0.4 is 11.1 Å². The van der Waals surface area contributed by atoms with Crippen molar-refractivity contribution < 1.29 is 13.2 Å². The lowest BCUT2D eigenvalue weighted by atomic mass is 10.2. The maximum absolute atomic E-state index is 12.5. The minimum atomic E-state index is -4.33. The van der Waals surface area contributed by atoms with Gasteiger partial charge in [0.05, 0.1) is 16.9 Å². The minimum Gasteiger partial charge on any atom is -0.382 e. The highest BCUT2D eigenvalue weighted by Gasteiger charge is 2.30. The summed E-state index contributed by atoms with van der Waals surface area (Å²) >= 11 is 0. The van der Waals surface area contributed by atoms with Gasteiger partial charge in [0.15, 0.2) is 5.82 Å². The van der Waals surface area contributed by atoms with E-state index < -0.39 is 11.7 Å². The first kappa shape index (κ1) is 12.0. The van der Waals surface area contributed by atoms with Crippen LogP contribution in [-0.2, 0) is 19.3 Å². The van der Waals surface area contributed by atoms with E-state index in [1.165, 1.54) is 12.1 Å². The molecule has 2 heterocycles. The fourth-order valence-corrected chi connectivity index (χ4v) is 2.19. The summed E-state index contributed by atoms with van der Waals surface area (Å²) in [4.78, 5) is 0. The Labute approximate surface area is 107 Å². The predicted molar refractivity (Wildman–Crippen MR) is 63.5 cm³/mol. The van der Waals surface area contributed by atoms with E-state index in [4.69, 9.17) is 5.73 Å². The van der Waals surface area contributed by atoms with Gasteiger partial charge in [0, 0.05) is 18.7 Å². The van der Waals surface area contributed by atoms with E-state index in [1.807, 2.05) is 0 Å². The summed E-state index contributed by atoms with van der Waals surface area (Å²) in [5.74, 6) is 0.417. The summed E-state index contributed by atoms with van der Waals surface area (Å²) in [6.45, 7) is 1.25. The molecule has 0 saturated carbocycles. The number of rotatable bonds is 1. The standard InChI is InChI=1S/C12H11F3N4/c13-12(14,15)7-1-3-8(4-2-7)19-10-6-17-5-9(10)11(16)18-19/h1-4,17H,5-6H2,(H2,16,18). The van der Waals surface area contributed by atoms with Crippen molar-refractivity contribution in [1.82, 2.24) is 15.1 Å². The van der Waals surface area contributed by atoms with Gasteiger partial charge < -0.3 is 11.1 Å². The number of nitrogens with two attached hydrogens (primary N) is 1. The Bertz CT molecular complexity index is 613. The summed E-state index contributed by atoms with van der Waals surface area (Å²) in [6, 6.07) is 4.88. The van der Waals surface area contributed by atoms with Crippen LogP contribution in [0.25, 0.3) is 5.69 Å². The Kier molecular flexibility index (Phi) is 2.53. The number of hydrogen-bond donors (Lipinski definition) is 2. The van der Waals surface area contributed by atoms with E-state index in [1.54, 1.807) is 4.68 Å². The Morgan fingerprint density at radius 1 is 1.16 bits per heavy atom. The number of nitrogen functional groups attached to an aromatic ring is 1. The van der Waals surface area contributed by atoms with Gasteiger partial charge in [0.2, 0.25) is 0 Å². The van der Waals surface area contributed by atoms with E-state index in [9.17, 15) is 13.2 Å². The van der Waals surface area contributed by atoms with E-state index in [2.05, 4.69) is 10.4 Å². The molecule has 1 aromatic heterocycles. The minimum absolute atomic E-state index is 0.417. The molecule has 0 bridgehead atoms. The Balaban J connectivity index is 2.02. The summed E-state index contributed by atoms with van der Waals surface area (Å²) in [5.41, 5.74) is 7.49. The van der Waals surface area contributed by atoms with Crippen LogP contribution in [0.4, 0.5) is 19.0 Å². The van der Waals surface area contributed by atoms with Crippen LogP contribution in [0.3, 0.4) is 0 Å². The van der Waals surface area contributed by atoms with Crippen LogP contribution in [-0.4, -0.2) is 9.78 Å². The molecule has 0 saturated heterocycles. The molecule has 1 aliphatic heterocycles. The maximum atomic E-state index is 12.5. The average molecular weight is 268 g/mol. The maximum Gasteiger partial charge on any atom is 0.416 e. The lowest BCUT2D eigenvalue weighted by Crippen LogP contribution is -2.09. The number of halogens is 3. The third-order valence-corrected chi connectivity index (χ3v) is 3.15. The van der Waals surface area contributed by atoms with Gasteiger partial charge in [-0.2, -0.15) is 18.3 Å². The molecule has 3 rings (SSSR count). The molecule has 1 aromatic carbocycles. The predicted octanol–water partition coefficient (Wildman–Crippen LogP) is 2.08. The molecule has 0 unspecified atom stereocenters. The zero-order valence-electron chi connectivity index (χ0n) is 9.83. The first-order valence-corrected chi connectivity index (χ1v) is 5.71. The second kappa shape index (κ2) is 3.99. The Hall–Kier alpha value is -2.02. The SMILES string of the molecule is Nc1nn(-c2ccc(C(F)(F)F)cc2)c2c1CNC2. The molecule has 19 heavy (non-hydrogen) atoms. The van der Waals surface area contributed by atoms with Crippen molar-refractivity contribution in [3.8, 4) is 5.69 Å². The number of nitrogens with zero attached hydrogens (tertiary/aromatic N) is 2. The molecule has 0 aliphatic carbocycles. The molecule has 0 amide bonds. The summed E-state index contributed by atoms with van der Waals surface area (Å²) in [7, 11) is 0. The molecular formula is C12H11F3N4. The molecule has 100 valence electrons. The van der Waals surface area contributed by atoms with Crippen LogP contribution in [0.15, 0.2) is 24.3 Å². The van der Waals surface area contributed by atoms with Crippen molar-refractivity contribution >= 4 is 5.82 Å². The topological polar surface area (TPSA) is 55.9 Å². The second-order valence-corrected chi connectivity index (χ2v) is 4.37. The smallest absolute Gasteiger partial charge is 0.382 e. The molecule has 3 N–H and O–H groups in total. The molecule has 0 spiro atoms. The summed E-state index contributed by atoms with van der Waals surface area (Å²) < 4.78 is 39.1. The highest BCUT2D eigenvalue weighted by atomic mass is 19.4. The number of aromatic nitrogens is 2. The van der Waals surface area contributed by atoms with Gasteiger partial charge in [-0.1, -0.05) is 0 Å². The number of alkyl halides is 3. The largest absolute Gasteiger partial charge is 0.416 e. The van der Waals surface area contributed by atoms with Gasteiger partial charge in [0.25, 0.3) is 0 Å². The Morgan fingerprint density at radius 3 is 2.47 bits per heavy atom. The molecule has 0 atom stereocenters. The third kappa shape index (κ3) is 1.95. The Morgan fingerprint density at radius 2 is 1.84 bits per heavy atom. The van der Waals surface area contributed by atoms with Crippen LogP contribution in [0, 0.1) is 0 Å². The van der Waals surface area contributed by atoms with Crippen LogP contribution in [0.2, 0.25) is 0 Å². The van der Waals surface area contributed by atoms with Crippen molar-refractivity contribution in [2.75, 3.05) is 5.73 Å². The molecule has 2 aromatic rings. The molecule has 0 radical (unpaired) electrons. The van der Waals surface area contributed by atoms with Crippen molar-refractivity contribution in [3.63, 3.8) is 0 Å². The molecule has 1 aliphatic rings. The quantitative estimate of drug-likeness (QED) is 0.832. The first-order valence-electron chi connectivity index (χ1n) is 5.71. The van der Waals surface area contributed by atoms with Gasteiger partial charge in [-0.05, 0) is 24.3 Å². The van der Waals surface area contributed by atoms with E-state index in [-0.39, 0.29) is 0 Å². The van der Waals surface area contributed by atoms with E-state index in [0.717, 1.165) is 23.4 Å². The van der Waals surface area contributed by atoms with Gasteiger partial charge in [0.1, 0.15) is 0 Å². The van der Waals surface area contributed by atoms with Crippen molar-refractivity contribution in [2.24, 2.45) is 0 Å². The lowest BCUT2D eigenvalue weighted by Gasteiger charge is -2.09. The highest BCUT2D eigenvalue weighted by Crippen LogP contribution is 2.30. The number of nitrogens with one attached hydrogen (secondary N) is 1. The van der Waals surface area contributed by atoms with Crippen molar-refractivity contribution in [1.29, 1.82) is 0 Å². The van der Waals surface area contributed by atoms with E-state index >= 15 is 0 Å². The molecular weight excluding hydrogens is 257 g/mol. The number of benzene rings is 1. The van der Waals surface area contributed by atoms with E-state index in [0.29, 0.717) is 24.6 Å². The summed E-state index contributed by atoms with van der Waals surface area (Å²) in [5, 5.41) is 7.30.